The van der Waals surface area contributed by atoms with E-state index in [1.165, 1.54) is 16.2 Å². The van der Waals surface area contributed by atoms with E-state index in [1.54, 1.807) is 35.9 Å². The lowest BCUT2D eigenvalue weighted by Gasteiger charge is -2.23. The Morgan fingerprint density at radius 2 is 2.13 bits per heavy atom. The molecule has 2 heterocycles. The molecule has 2 aromatic carbocycles. The van der Waals surface area contributed by atoms with Crippen LogP contribution in [0.25, 0.3) is 10.2 Å². The summed E-state index contributed by atoms with van der Waals surface area (Å²) in [6.07, 6.45) is 4.33. The van der Waals surface area contributed by atoms with Gasteiger partial charge in [0.05, 0.1) is 35.9 Å². The Hall–Kier alpha value is -1.80. The van der Waals surface area contributed by atoms with Crippen LogP contribution in [0.4, 0.5) is 5.13 Å². The van der Waals surface area contributed by atoms with Gasteiger partial charge >= 0.3 is 0 Å². The lowest BCUT2D eigenvalue weighted by Crippen LogP contribution is -2.38. The van der Waals surface area contributed by atoms with Crippen LogP contribution in [0.1, 0.15) is 18.4 Å². The lowest BCUT2D eigenvalue weighted by molar-refractivity contribution is -0.118. The number of fused-ring (bicyclic) bond motifs is 1. The smallest absolute Gasteiger partial charge is 0.233 e. The zero-order valence-electron chi connectivity index (χ0n) is 16.9. The second kappa shape index (κ2) is 9.56. The first-order valence-corrected chi connectivity index (χ1v) is 12.2. The molecule has 158 valence electrons. The first-order chi connectivity index (χ1) is 14.6. The number of amides is 1. The molecular weight excluding hydrogens is 440 g/mol. The van der Waals surface area contributed by atoms with E-state index in [-0.39, 0.29) is 12.0 Å². The Morgan fingerprint density at radius 3 is 2.80 bits per heavy atom. The second-order valence-corrected chi connectivity index (χ2v) is 9.35. The highest BCUT2D eigenvalue weighted by Gasteiger charge is 2.27. The van der Waals surface area contributed by atoms with Gasteiger partial charge in [-0.3, -0.25) is 9.69 Å². The van der Waals surface area contributed by atoms with Crippen molar-refractivity contribution in [3.8, 4) is 5.75 Å². The molecule has 0 radical (unpaired) electrons. The fraction of sp³-hybridized carbons (Fsp3) is 0.364. The highest BCUT2D eigenvalue weighted by Crippen LogP contribution is 2.39. The summed E-state index contributed by atoms with van der Waals surface area (Å²) < 4.78 is 12.1. The summed E-state index contributed by atoms with van der Waals surface area (Å²) in [6.45, 7) is 1.23. The van der Waals surface area contributed by atoms with Crippen LogP contribution in [0, 0.1) is 0 Å². The number of methoxy groups -OCH3 is 1. The molecule has 0 spiro atoms. The van der Waals surface area contributed by atoms with Crippen LogP contribution < -0.4 is 9.64 Å². The standard InChI is InChI=1S/C22H23ClN2O3S2/c1-27-18-10-9-17(23)21-20(18)24-22(30-21)25(13-15-4-3-11-28-15)19(26)12-14-5-7-16(29-2)8-6-14/h5-10,15H,3-4,11-13H2,1-2H3. The van der Waals surface area contributed by atoms with Crippen molar-refractivity contribution in [1.29, 1.82) is 0 Å². The number of thiazole rings is 1. The molecule has 1 aromatic heterocycles. The maximum absolute atomic E-state index is 13.3. The second-order valence-electron chi connectivity index (χ2n) is 7.09. The molecule has 1 aliphatic rings. The quantitative estimate of drug-likeness (QED) is 0.438. The van der Waals surface area contributed by atoms with Gasteiger partial charge in [0, 0.05) is 11.5 Å². The predicted molar refractivity (Wildman–Crippen MR) is 124 cm³/mol. The summed E-state index contributed by atoms with van der Waals surface area (Å²) in [6, 6.07) is 11.7. The Bertz CT molecular complexity index is 1030. The summed E-state index contributed by atoms with van der Waals surface area (Å²) in [5.41, 5.74) is 1.66. The highest BCUT2D eigenvalue weighted by molar-refractivity contribution is 7.98. The third kappa shape index (κ3) is 4.59. The molecule has 1 unspecified atom stereocenters. The molecule has 8 heteroatoms. The molecule has 0 N–H and O–H groups in total. The van der Waals surface area contributed by atoms with Crippen LogP contribution >= 0.6 is 34.7 Å². The fourth-order valence-corrected chi connectivity index (χ4v) is 5.20. The Labute approximate surface area is 189 Å². The molecule has 0 bridgehead atoms. The minimum absolute atomic E-state index is 0.00320. The van der Waals surface area contributed by atoms with Gasteiger partial charge in [0.1, 0.15) is 11.3 Å². The maximum atomic E-state index is 13.3. The highest BCUT2D eigenvalue weighted by atomic mass is 35.5. The summed E-state index contributed by atoms with van der Waals surface area (Å²) in [5.74, 6) is 0.644. The van der Waals surface area contributed by atoms with E-state index in [0.29, 0.717) is 34.4 Å². The Morgan fingerprint density at radius 1 is 1.33 bits per heavy atom. The van der Waals surface area contributed by atoms with Crippen molar-refractivity contribution in [3.63, 3.8) is 0 Å². The molecule has 0 saturated carbocycles. The number of aromatic nitrogens is 1. The molecule has 1 amide bonds. The van der Waals surface area contributed by atoms with Crippen LogP contribution in [-0.2, 0) is 16.0 Å². The van der Waals surface area contributed by atoms with Crippen LogP contribution in [-0.4, -0.2) is 43.5 Å². The molecule has 0 aliphatic carbocycles. The number of hydrogen-bond acceptors (Lipinski definition) is 6. The van der Waals surface area contributed by atoms with Crippen LogP contribution in [0.5, 0.6) is 5.75 Å². The third-order valence-electron chi connectivity index (χ3n) is 5.12. The zero-order chi connectivity index (χ0) is 21.1. The molecule has 1 fully saturated rings. The maximum Gasteiger partial charge on any atom is 0.233 e. The Balaban J connectivity index is 1.65. The minimum Gasteiger partial charge on any atom is -0.494 e. The van der Waals surface area contributed by atoms with Crippen molar-refractivity contribution in [1.82, 2.24) is 4.98 Å². The molecule has 3 aromatic rings. The molecule has 1 saturated heterocycles. The van der Waals surface area contributed by atoms with Crippen molar-refractivity contribution in [2.75, 3.05) is 31.4 Å². The minimum atomic E-state index is -0.00320. The summed E-state index contributed by atoms with van der Waals surface area (Å²) in [7, 11) is 1.61. The SMILES string of the molecule is COc1ccc(Cl)c2sc(N(CC3CCCO3)C(=O)Cc3ccc(SC)cc3)nc12. The van der Waals surface area contributed by atoms with Gasteiger partial charge in [-0.2, -0.15) is 0 Å². The van der Waals surface area contributed by atoms with E-state index in [9.17, 15) is 4.79 Å². The number of thioether (sulfide) groups is 1. The fourth-order valence-electron chi connectivity index (χ4n) is 3.51. The summed E-state index contributed by atoms with van der Waals surface area (Å²) in [5, 5.41) is 1.23. The molecule has 4 rings (SSSR count). The molecule has 5 nitrogen and oxygen atoms in total. The number of carbonyl (C=O) groups is 1. The zero-order valence-corrected chi connectivity index (χ0v) is 19.3. The van der Waals surface area contributed by atoms with Gasteiger partial charge in [0.25, 0.3) is 0 Å². The summed E-state index contributed by atoms with van der Waals surface area (Å²) in [4.78, 5) is 21.0. The molecule has 1 atom stereocenters. The number of anilines is 1. The van der Waals surface area contributed by atoms with Gasteiger partial charge in [-0.15, -0.1) is 11.8 Å². The number of benzene rings is 2. The van der Waals surface area contributed by atoms with E-state index < -0.39 is 0 Å². The van der Waals surface area contributed by atoms with Crippen molar-refractivity contribution < 1.29 is 14.3 Å². The predicted octanol–water partition coefficient (Wildman–Crippen LogP) is 5.43. The lowest BCUT2D eigenvalue weighted by atomic mass is 10.1. The molecule has 1 aliphatic heterocycles. The van der Waals surface area contributed by atoms with Gasteiger partial charge in [-0.05, 0) is 48.9 Å². The number of nitrogens with zero attached hydrogens (tertiary/aromatic N) is 2. The van der Waals surface area contributed by atoms with E-state index in [2.05, 4.69) is 0 Å². The van der Waals surface area contributed by atoms with Crippen LogP contribution in [0.3, 0.4) is 0 Å². The molecular formula is C22H23ClN2O3S2. The Kier molecular flexibility index (Phi) is 6.83. The van der Waals surface area contributed by atoms with E-state index in [4.69, 9.17) is 26.1 Å². The van der Waals surface area contributed by atoms with Crippen molar-refractivity contribution >= 4 is 56.0 Å². The largest absolute Gasteiger partial charge is 0.494 e. The van der Waals surface area contributed by atoms with E-state index in [1.807, 2.05) is 30.5 Å². The first-order valence-electron chi connectivity index (χ1n) is 9.77. The topological polar surface area (TPSA) is 51.7 Å². The normalized spacial score (nSPS) is 16.2. The van der Waals surface area contributed by atoms with Crippen LogP contribution in [0.15, 0.2) is 41.3 Å². The van der Waals surface area contributed by atoms with Gasteiger partial charge in [-0.1, -0.05) is 35.1 Å². The van der Waals surface area contributed by atoms with Gasteiger partial charge < -0.3 is 9.47 Å². The monoisotopic (exact) mass is 462 g/mol. The van der Waals surface area contributed by atoms with Crippen molar-refractivity contribution in [3.05, 3.63) is 47.0 Å². The summed E-state index contributed by atoms with van der Waals surface area (Å²) >= 11 is 9.49. The van der Waals surface area contributed by atoms with Gasteiger partial charge in [-0.25, -0.2) is 4.98 Å². The third-order valence-corrected chi connectivity index (χ3v) is 7.41. The average molecular weight is 463 g/mol. The number of carbonyl (C=O) groups excluding carboxylic acids is 1. The van der Waals surface area contributed by atoms with Crippen molar-refractivity contribution in [2.45, 2.75) is 30.3 Å². The molecule has 30 heavy (non-hydrogen) atoms. The number of hydrogen-bond donors (Lipinski definition) is 0. The van der Waals surface area contributed by atoms with Crippen LogP contribution in [0.2, 0.25) is 5.02 Å². The van der Waals surface area contributed by atoms with Gasteiger partial charge in [0.2, 0.25) is 5.91 Å². The van der Waals surface area contributed by atoms with Crippen molar-refractivity contribution in [2.24, 2.45) is 0 Å². The average Bonchev–Trinajstić information content (AvgIpc) is 3.43. The number of halogens is 1. The number of rotatable bonds is 7. The van der Waals surface area contributed by atoms with E-state index in [0.717, 1.165) is 29.7 Å². The number of ether oxygens (including phenoxy) is 2. The van der Waals surface area contributed by atoms with Gasteiger partial charge in [0.15, 0.2) is 5.13 Å². The van der Waals surface area contributed by atoms with E-state index >= 15 is 0 Å². The first kappa shape index (κ1) is 21.4.